The monoisotopic (exact) mass is 288 g/mol. The number of hydrogen-bond donors (Lipinski definition) is 1. The average Bonchev–Trinajstić information content (AvgIpc) is 2.65. The van der Waals surface area contributed by atoms with E-state index >= 15 is 0 Å². The van der Waals surface area contributed by atoms with Gasteiger partial charge in [0.1, 0.15) is 0 Å². The molecule has 108 valence electrons. The van der Waals surface area contributed by atoms with Crippen LogP contribution in [0.3, 0.4) is 0 Å². The number of ether oxygens (including phenoxy) is 1. The van der Waals surface area contributed by atoms with Crippen LogP contribution in [0, 0.1) is 11.3 Å². The molecule has 2 unspecified atom stereocenters. The van der Waals surface area contributed by atoms with Gasteiger partial charge in [-0.15, -0.1) is 0 Å². The zero-order valence-electron chi connectivity index (χ0n) is 10.9. The lowest BCUT2D eigenvalue weighted by atomic mass is 9.63. The Kier molecular flexibility index (Phi) is 2.94. The van der Waals surface area contributed by atoms with Gasteiger partial charge in [0.2, 0.25) is 0 Å². The van der Waals surface area contributed by atoms with Crippen molar-refractivity contribution in [3.8, 4) is 0 Å². The lowest BCUT2D eigenvalue weighted by molar-refractivity contribution is -0.173. The smallest absolute Gasteiger partial charge is 0.310 e. The second-order valence-corrected chi connectivity index (χ2v) is 8.56. The van der Waals surface area contributed by atoms with Gasteiger partial charge in [-0.3, -0.25) is 4.79 Å². The lowest BCUT2D eigenvalue weighted by Gasteiger charge is -2.50. The van der Waals surface area contributed by atoms with E-state index in [1.54, 1.807) is 0 Å². The molecule has 3 rings (SSSR count). The number of carboxylic acid groups (broad SMARTS) is 1. The Labute approximate surface area is 113 Å². The predicted molar refractivity (Wildman–Crippen MR) is 68.6 cm³/mol. The van der Waals surface area contributed by atoms with Crippen LogP contribution in [0.1, 0.15) is 38.5 Å². The van der Waals surface area contributed by atoms with E-state index in [9.17, 15) is 18.3 Å². The van der Waals surface area contributed by atoms with Crippen LogP contribution >= 0.6 is 0 Å². The van der Waals surface area contributed by atoms with Gasteiger partial charge in [0, 0.05) is 6.61 Å². The molecule has 2 aliphatic heterocycles. The van der Waals surface area contributed by atoms with Crippen molar-refractivity contribution < 1.29 is 23.1 Å². The zero-order valence-corrected chi connectivity index (χ0v) is 11.7. The van der Waals surface area contributed by atoms with Crippen LogP contribution < -0.4 is 0 Å². The fraction of sp³-hybridized carbons (Fsp3) is 0.923. The molecule has 2 saturated heterocycles. The maximum absolute atomic E-state index is 11.7. The number of sulfone groups is 1. The van der Waals surface area contributed by atoms with E-state index in [-0.39, 0.29) is 29.4 Å². The first kappa shape index (κ1) is 13.4. The Balaban J connectivity index is 1.87. The number of aliphatic carboxylic acids is 1. The number of rotatable bonds is 2. The molecule has 5 nitrogen and oxygen atoms in total. The summed E-state index contributed by atoms with van der Waals surface area (Å²) in [6.45, 7) is 0.569. The van der Waals surface area contributed by atoms with Crippen molar-refractivity contribution in [3.63, 3.8) is 0 Å². The second kappa shape index (κ2) is 4.19. The number of hydrogen-bond acceptors (Lipinski definition) is 4. The molecule has 2 atom stereocenters. The fourth-order valence-corrected chi connectivity index (χ4v) is 6.07. The van der Waals surface area contributed by atoms with Crippen LogP contribution in [0.4, 0.5) is 0 Å². The summed E-state index contributed by atoms with van der Waals surface area (Å²) in [4.78, 5) is 11.7. The molecule has 0 aromatic heterocycles. The summed E-state index contributed by atoms with van der Waals surface area (Å²) in [5.41, 5.74) is -1.21. The predicted octanol–water partition coefficient (Wildman–Crippen LogP) is 1.23. The standard InChI is InChI=1S/C13H20O5S/c14-11(15)13(5-7-19(16,17)9-13)10-2-6-18-12(8-10)3-1-4-12/h10H,1-9H2,(H,14,15). The quantitative estimate of drug-likeness (QED) is 0.826. The number of carbonyl (C=O) groups is 1. The molecule has 1 N–H and O–H groups in total. The Morgan fingerprint density at radius 1 is 1.26 bits per heavy atom. The van der Waals surface area contributed by atoms with Gasteiger partial charge >= 0.3 is 5.97 Å². The Hall–Kier alpha value is -0.620. The molecule has 0 radical (unpaired) electrons. The summed E-state index contributed by atoms with van der Waals surface area (Å²) in [6, 6.07) is 0. The summed E-state index contributed by atoms with van der Waals surface area (Å²) in [6.07, 6.45) is 4.77. The number of carboxylic acids is 1. The average molecular weight is 288 g/mol. The van der Waals surface area contributed by atoms with E-state index in [0.717, 1.165) is 25.7 Å². The van der Waals surface area contributed by atoms with Crippen molar-refractivity contribution in [1.82, 2.24) is 0 Å². The highest BCUT2D eigenvalue weighted by molar-refractivity contribution is 7.91. The first-order chi connectivity index (χ1) is 8.88. The minimum Gasteiger partial charge on any atom is -0.481 e. The lowest BCUT2D eigenvalue weighted by Crippen LogP contribution is -2.51. The molecule has 2 heterocycles. The van der Waals surface area contributed by atoms with Gasteiger partial charge in [-0.1, -0.05) is 0 Å². The van der Waals surface area contributed by atoms with Crippen LogP contribution in [0.25, 0.3) is 0 Å². The highest BCUT2D eigenvalue weighted by atomic mass is 32.2. The van der Waals surface area contributed by atoms with Crippen LogP contribution in [0.2, 0.25) is 0 Å². The van der Waals surface area contributed by atoms with Crippen molar-refractivity contribution in [2.75, 3.05) is 18.1 Å². The maximum atomic E-state index is 11.7. The summed E-state index contributed by atoms with van der Waals surface area (Å²) < 4.78 is 29.3. The van der Waals surface area contributed by atoms with E-state index in [1.807, 2.05) is 0 Å². The maximum Gasteiger partial charge on any atom is 0.310 e. The first-order valence-electron chi connectivity index (χ1n) is 6.95. The first-order valence-corrected chi connectivity index (χ1v) is 8.78. The van der Waals surface area contributed by atoms with Crippen molar-refractivity contribution in [2.24, 2.45) is 11.3 Å². The molecule has 0 aromatic rings. The summed E-state index contributed by atoms with van der Waals surface area (Å²) in [5, 5.41) is 9.60. The third-order valence-corrected chi connectivity index (χ3v) is 7.08. The summed E-state index contributed by atoms with van der Waals surface area (Å²) >= 11 is 0. The van der Waals surface area contributed by atoms with Gasteiger partial charge in [0.25, 0.3) is 0 Å². The van der Waals surface area contributed by atoms with E-state index < -0.39 is 21.2 Å². The molecule has 0 amide bonds. The van der Waals surface area contributed by atoms with E-state index in [1.165, 1.54) is 0 Å². The molecule has 19 heavy (non-hydrogen) atoms. The van der Waals surface area contributed by atoms with E-state index in [0.29, 0.717) is 13.0 Å². The zero-order chi connectivity index (χ0) is 13.7. The molecule has 0 aromatic carbocycles. The van der Waals surface area contributed by atoms with Crippen molar-refractivity contribution in [1.29, 1.82) is 0 Å². The molecular weight excluding hydrogens is 268 g/mol. The molecule has 1 spiro atoms. The highest BCUT2D eigenvalue weighted by Gasteiger charge is 2.57. The van der Waals surface area contributed by atoms with Crippen LogP contribution in [0.15, 0.2) is 0 Å². The van der Waals surface area contributed by atoms with Gasteiger partial charge in [-0.2, -0.15) is 0 Å². The van der Waals surface area contributed by atoms with Gasteiger partial charge < -0.3 is 9.84 Å². The topological polar surface area (TPSA) is 80.7 Å². The molecular formula is C13H20O5S. The van der Waals surface area contributed by atoms with Crippen molar-refractivity contribution >= 4 is 15.8 Å². The minimum absolute atomic E-state index is 0.0175. The van der Waals surface area contributed by atoms with E-state index in [4.69, 9.17) is 4.74 Å². The third-order valence-electron chi connectivity index (χ3n) is 5.30. The van der Waals surface area contributed by atoms with Crippen molar-refractivity contribution in [3.05, 3.63) is 0 Å². The van der Waals surface area contributed by atoms with Gasteiger partial charge in [0.05, 0.1) is 22.5 Å². The van der Waals surface area contributed by atoms with Crippen LogP contribution in [-0.2, 0) is 19.4 Å². The molecule has 1 saturated carbocycles. The molecule has 1 aliphatic carbocycles. The largest absolute Gasteiger partial charge is 0.481 e. The summed E-state index contributed by atoms with van der Waals surface area (Å²) in [7, 11) is -3.20. The van der Waals surface area contributed by atoms with Crippen LogP contribution in [-0.4, -0.2) is 43.2 Å². The highest BCUT2D eigenvalue weighted by Crippen LogP contribution is 2.52. The van der Waals surface area contributed by atoms with Crippen molar-refractivity contribution in [2.45, 2.75) is 44.1 Å². The third kappa shape index (κ3) is 2.09. The molecule has 6 heteroatoms. The van der Waals surface area contributed by atoms with Crippen LogP contribution in [0.5, 0.6) is 0 Å². The summed E-state index contributed by atoms with van der Waals surface area (Å²) in [5.74, 6) is -1.16. The normalized spacial score (nSPS) is 39.9. The Morgan fingerprint density at radius 2 is 2.00 bits per heavy atom. The second-order valence-electron chi connectivity index (χ2n) is 6.38. The molecule has 3 fully saturated rings. The van der Waals surface area contributed by atoms with Gasteiger partial charge in [-0.25, -0.2) is 8.42 Å². The molecule has 3 aliphatic rings. The van der Waals surface area contributed by atoms with Gasteiger partial charge in [0.15, 0.2) is 9.84 Å². The fourth-order valence-electron chi connectivity index (χ4n) is 3.96. The van der Waals surface area contributed by atoms with E-state index in [2.05, 4.69) is 0 Å². The Bertz CT molecular complexity index is 493. The van der Waals surface area contributed by atoms with Gasteiger partial charge in [-0.05, 0) is 44.4 Å². The minimum atomic E-state index is -3.20. The Morgan fingerprint density at radius 3 is 2.47 bits per heavy atom. The SMILES string of the molecule is O=C(O)C1(C2CCOC3(CCC3)C2)CCS(=O)(=O)C1. The molecule has 0 bridgehead atoms.